The third-order valence-electron chi connectivity index (χ3n) is 0.765. The van der Waals surface area contributed by atoms with E-state index in [1.54, 1.807) is 6.20 Å². The highest BCUT2D eigenvalue weighted by atomic mass is 14.8. The van der Waals surface area contributed by atoms with Gasteiger partial charge < -0.3 is 5.73 Å². The van der Waals surface area contributed by atoms with Gasteiger partial charge in [-0.25, -0.2) is 4.99 Å². The fraction of sp³-hybridized carbons (Fsp3) is 0.333. The Labute approximate surface area is 55.0 Å². The lowest BCUT2D eigenvalue weighted by Gasteiger charge is -1.87. The molecule has 50 valence electrons. The molecule has 3 heteroatoms. The zero-order valence-corrected chi connectivity index (χ0v) is 5.54. The van der Waals surface area contributed by atoms with Gasteiger partial charge in [0.25, 0.3) is 0 Å². The largest absolute Gasteiger partial charge is 0.327 e. The van der Waals surface area contributed by atoms with Gasteiger partial charge in [0.05, 0.1) is 0 Å². The van der Waals surface area contributed by atoms with Crippen molar-refractivity contribution in [2.75, 3.05) is 6.54 Å². The summed E-state index contributed by atoms with van der Waals surface area (Å²) >= 11 is 0. The smallest absolute Gasteiger partial charge is 0.114 e. The predicted molar refractivity (Wildman–Crippen MR) is 40.9 cm³/mol. The van der Waals surface area contributed by atoms with Crippen LogP contribution in [0.4, 0.5) is 0 Å². The van der Waals surface area contributed by atoms with Crippen molar-refractivity contribution in [3.63, 3.8) is 0 Å². The van der Waals surface area contributed by atoms with Gasteiger partial charge >= 0.3 is 0 Å². The molecule has 0 saturated heterocycles. The van der Waals surface area contributed by atoms with Crippen LogP contribution in [0.1, 0.15) is 6.92 Å². The van der Waals surface area contributed by atoms with Crippen molar-refractivity contribution in [1.29, 1.82) is 0 Å². The topological polar surface area (TPSA) is 50.7 Å². The minimum atomic E-state index is 0.536. The van der Waals surface area contributed by atoms with Crippen molar-refractivity contribution >= 4 is 13.1 Å². The van der Waals surface area contributed by atoms with Crippen LogP contribution >= 0.6 is 0 Å². The summed E-state index contributed by atoms with van der Waals surface area (Å²) in [6.07, 6.45) is 3.04. The van der Waals surface area contributed by atoms with E-state index < -0.39 is 0 Å². The molecule has 0 aromatic heterocycles. The van der Waals surface area contributed by atoms with Gasteiger partial charge in [0.1, 0.15) is 6.34 Å². The summed E-state index contributed by atoms with van der Waals surface area (Å²) in [5.41, 5.74) is 6.29. The Kier molecular flexibility index (Phi) is 4.63. The van der Waals surface area contributed by atoms with Gasteiger partial charge in [-0.15, -0.1) is 0 Å². The Morgan fingerprint density at radius 3 is 2.89 bits per heavy atom. The first kappa shape index (κ1) is 8.04. The van der Waals surface area contributed by atoms with Crippen LogP contribution in [0.2, 0.25) is 0 Å². The Hall–Kier alpha value is -0.960. The molecule has 0 bridgehead atoms. The summed E-state index contributed by atoms with van der Waals surface area (Å²) in [5, 5.41) is 0. The van der Waals surface area contributed by atoms with Crippen LogP contribution < -0.4 is 5.73 Å². The molecule has 0 rings (SSSR count). The van der Waals surface area contributed by atoms with Crippen molar-refractivity contribution in [2.45, 2.75) is 6.92 Å². The summed E-state index contributed by atoms with van der Waals surface area (Å²) in [5.74, 6) is 0. The molecule has 0 aliphatic rings. The number of hydrogen-bond acceptors (Lipinski definition) is 2. The molecule has 0 saturated carbocycles. The second-order valence-corrected chi connectivity index (χ2v) is 1.63. The van der Waals surface area contributed by atoms with Crippen molar-refractivity contribution in [3.8, 4) is 0 Å². The van der Waals surface area contributed by atoms with Gasteiger partial charge in [0.2, 0.25) is 0 Å². The van der Waals surface area contributed by atoms with Crippen LogP contribution in [0.5, 0.6) is 0 Å². The fourth-order valence-corrected chi connectivity index (χ4v) is 0.260. The van der Waals surface area contributed by atoms with Gasteiger partial charge in [-0.3, -0.25) is 4.99 Å². The third kappa shape index (κ3) is 4.90. The molecule has 0 amide bonds. The van der Waals surface area contributed by atoms with Crippen LogP contribution in [0, 0.1) is 0 Å². The summed E-state index contributed by atoms with van der Waals surface area (Å²) in [6, 6.07) is 0. The number of rotatable bonds is 3. The van der Waals surface area contributed by atoms with Gasteiger partial charge in [0, 0.05) is 12.7 Å². The Balaban J connectivity index is 3.67. The predicted octanol–water partition coefficient (Wildman–Crippen LogP) is 0.578. The lowest BCUT2D eigenvalue weighted by molar-refractivity contribution is 1.12. The molecule has 0 aromatic rings. The van der Waals surface area contributed by atoms with Crippen LogP contribution in [0.25, 0.3) is 0 Å². The summed E-state index contributed by atoms with van der Waals surface area (Å²) < 4.78 is 0. The second-order valence-electron chi connectivity index (χ2n) is 1.63. The monoisotopic (exact) mass is 125 g/mol. The maximum absolute atomic E-state index is 5.27. The number of aliphatic imine (C=N–C) groups is 2. The number of nitrogens with zero attached hydrogens (tertiary/aromatic N) is 2. The first-order valence-corrected chi connectivity index (χ1v) is 2.64. The lowest BCUT2D eigenvalue weighted by atomic mass is 10.3. The molecule has 0 atom stereocenters. The molecular weight excluding hydrogens is 114 g/mol. The van der Waals surface area contributed by atoms with E-state index in [-0.39, 0.29) is 0 Å². The van der Waals surface area contributed by atoms with Crippen molar-refractivity contribution in [1.82, 2.24) is 0 Å². The van der Waals surface area contributed by atoms with E-state index in [2.05, 4.69) is 16.7 Å². The van der Waals surface area contributed by atoms with Crippen molar-refractivity contribution in [2.24, 2.45) is 15.7 Å². The molecule has 0 spiro atoms. The SMILES string of the molecule is C=N/C=N\C=C(/C)CN. The van der Waals surface area contributed by atoms with Gasteiger partial charge in [-0.2, -0.15) is 0 Å². The van der Waals surface area contributed by atoms with Crippen LogP contribution in [0.3, 0.4) is 0 Å². The summed E-state index contributed by atoms with van der Waals surface area (Å²) in [7, 11) is 0. The third-order valence-corrected chi connectivity index (χ3v) is 0.765. The number of nitrogens with two attached hydrogens (primary N) is 1. The van der Waals surface area contributed by atoms with E-state index in [0.29, 0.717) is 6.54 Å². The average molecular weight is 125 g/mol. The van der Waals surface area contributed by atoms with E-state index >= 15 is 0 Å². The van der Waals surface area contributed by atoms with E-state index in [9.17, 15) is 0 Å². The zero-order valence-electron chi connectivity index (χ0n) is 5.54. The Bertz CT molecular complexity index is 135. The van der Waals surface area contributed by atoms with Crippen LogP contribution in [-0.4, -0.2) is 19.6 Å². The molecule has 0 aromatic carbocycles. The quantitative estimate of drug-likeness (QED) is 0.435. The maximum Gasteiger partial charge on any atom is 0.114 e. The highest BCUT2D eigenvalue weighted by molar-refractivity contribution is 5.62. The molecule has 0 unspecified atom stereocenters. The van der Waals surface area contributed by atoms with Gasteiger partial charge in [-0.1, -0.05) is 0 Å². The average Bonchev–Trinajstić information content (AvgIpc) is 1.89. The van der Waals surface area contributed by atoms with Gasteiger partial charge in [0.15, 0.2) is 0 Å². The first-order valence-electron chi connectivity index (χ1n) is 2.64. The highest BCUT2D eigenvalue weighted by Crippen LogP contribution is 1.86. The minimum Gasteiger partial charge on any atom is -0.327 e. The normalized spacial score (nSPS) is 12.4. The highest BCUT2D eigenvalue weighted by Gasteiger charge is 1.77. The Morgan fingerprint density at radius 1 is 1.78 bits per heavy atom. The number of hydrogen-bond donors (Lipinski definition) is 1. The maximum atomic E-state index is 5.27. The van der Waals surface area contributed by atoms with E-state index in [1.165, 1.54) is 6.34 Å². The first-order chi connectivity index (χ1) is 4.31. The van der Waals surface area contributed by atoms with Gasteiger partial charge in [-0.05, 0) is 19.2 Å². The second kappa shape index (κ2) is 5.18. The molecule has 0 aliphatic carbocycles. The van der Waals surface area contributed by atoms with Crippen LogP contribution in [-0.2, 0) is 0 Å². The van der Waals surface area contributed by atoms with Crippen molar-refractivity contribution in [3.05, 3.63) is 11.8 Å². The van der Waals surface area contributed by atoms with E-state index in [1.807, 2.05) is 6.92 Å². The summed E-state index contributed by atoms with van der Waals surface area (Å²) in [4.78, 5) is 7.18. The van der Waals surface area contributed by atoms with Crippen molar-refractivity contribution < 1.29 is 0 Å². The molecule has 2 N–H and O–H groups in total. The standard InChI is InChI=1S/C6H11N3/c1-6(3-7)4-9-5-8-2/h4-5H,2-3,7H2,1H3/b6-4+,9-5-. The summed E-state index contributed by atoms with van der Waals surface area (Å²) in [6.45, 7) is 5.66. The molecule has 0 fully saturated rings. The lowest BCUT2D eigenvalue weighted by Crippen LogP contribution is -1.98. The molecule has 0 heterocycles. The molecular formula is C6H11N3. The molecule has 0 radical (unpaired) electrons. The zero-order chi connectivity index (χ0) is 7.11. The Morgan fingerprint density at radius 2 is 2.44 bits per heavy atom. The fourth-order valence-electron chi connectivity index (χ4n) is 0.260. The van der Waals surface area contributed by atoms with E-state index in [4.69, 9.17) is 5.73 Å². The molecule has 3 nitrogen and oxygen atoms in total. The van der Waals surface area contributed by atoms with Crippen LogP contribution in [0.15, 0.2) is 21.8 Å². The van der Waals surface area contributed by atoms with E-state index in [0.717, 1.165) is 5.57 Å². The molecule has 9 heavy (non-hydrogen) atoms. The minimum absolute atomic E-state index is 0.536. The molecule has 0 aliphatic heterocycles.